The third kappa shape index (κ3) is 4.44. The van der Waals surface area contributed by atoms with E-state index in [1.54, 1.807) is 19.2 Å². The normalized spacial score (nSPS) is 16.8. The summed E-state index contributed by atoms with van der Waals surface area (Å²) in [7, 11) is 1.58. The van der Waals surface area contributed by atoms with Crippen LogP contribution in [-0.2, 0) is 10.5 Å². The van der Waals surface area contributed by atoms with Gasteiger partial charge in [0.05, 0.1) is 17.6 Å². The molecule has 2 N–H and O–H groups in total. The van der Waals surface area contributed by atoms with Gasteiger partial charge in [0.2, 0.25) is 0 Å². The van der Waals surface area contributed by atoms with Crippen LogP contribution >= 0.6 is 11.8 Å². The van der Waals surface area contributed by atoms with Gasteiger partial charge in [0.1, 0.15) is 11.6 Å². The maximum absolute atomic E-state index is 13.3. The number of rotatable bonds is 6. The number of hydrogen-bond donors (Lipinski definition) is 2. The fourth-order valence-electron chi connectivity index (χ4n) is 4.53. The van der Waals surface area contributed by atoms with Crippen molar-refractivity contribution in [2.45, 2.75) is 36.1 Å². The Hall–Kier alpha value is -3.92. The van der Waals surface area contributed by atoms with E-state index in [1.807, 2.05) is 24.3 Å². The number of benzene rings is 2. The van der Waals surface area contributed by atoms with Crippen molar-refractivity contribution >= 4 is 29.1 Å². The number of allylic oxidation sites excluding steroid dienone is 2. The molecule has 5 rings (SSSR count). The number of nitrogens with zero attached hydrogens (tertiary/aromatic N) is 2. The summed E-state index contributed by atoms with van der Waals surface area (Å²) in [5.74, 6) is 1.07. The van der Waals surface area contributed by atoms with Crippen molar-refractivity contribution in [3.8, 4) is 5.75 Å². The fourth-order valence-corrected chi connectivity index (χ4v) is 5.35. The van der Waals surface area contributed by atoms with E-state index in [2.05, 4.69) is 15.3 Å². The molecular weight excluding hydrogens is 468 g/mol. The second-order valence-electron chi connectivity index (χ2n) is 8.35. The number of thioether (sulfide) groups is 1. The van der Waals surface area contributed by atoms with Gasteiger partial charge >= 0.3 is 0 Å². The summed E-state index contributed by atoms with van der Waals surface area (Å²) >= 11 is 1.33. The minimum absolute atomic E-state index is 0.0259. The van der Waals surface area contributed by atoms with Crippen LogP contribution in [-0.4, -0.2) is 27.8 Å². The summed E-state index contributed by atoms with van der Waals surface area (Å²) in [5, 5.41) is 14.6. The SMILES string of the molecule is COc1cccc(C2C3=C(CCCC3=O)Nc3nc(SCc4ccc([N+](=O)[O-])cc4)[nH]c(=O)c32)c1. The summed E-state index contributed by atoms with van der Waals surface area (Å²) in [5.41, 5.74) is 3.22. The van der Waals surface area contributed by atoms with Crippen LogP contribution in [0.4, 0.5) is 11.5 Å². The number of nitro benzene ring substituents is 1. The Balaban J connectivity index is 1.51. The van der Waals surface area contributed by atoms with E-state index in [4.69, 9.17) is 4.74 Å². The molecule has 1 aliphatic carbocycles. The number of fused-ring (bicyclic) bond motifs is 1. The molecule has 0 saturated carbocycles. The molecule has 2 aromatic carbocycles. The molecule has 0 radical (unpaired) electrons. The molecule has 0 fully saturated rings. The first kappa shape index (κ1) is 22.9. The minimum atomic E-state index is -0.533. The molecule has 2 aliphatic rings. The number of aromatic nitrogens is 2. The number of hydrogen-bond acceptors (Lipinski definition) is 8. The number of carbonyl (C=O) groups is 1. The van der Waals surface area contributed by atoms with Crippen molar-refractivity contribution in [1.82, 2.24) is 9.97 Å². The maximum atomic E-state index is 13.3. The molecule has 2 heterocycles. The fraction of sp³-hybridized carbons (Fsp3) is 0.240. The van der Waals surface area contributed by atoms with E-state index in [0.29, 0.717) is 46.5 Å². The van der Waals surface area contributed by atoms with Crippen molar-refractivity contribution < 1.29 is 14.5 Å². The van der Waals surface area contributed by atoms with Gasteiger partial charge in [0.25, 0.3) is 11.2 Å². The molecule has 178 valence electrons. The van der Waals surface area contributed by atoms with Crippen LogP contribution < -0.4 is 15.6 Å². The van der Waals surface area contributed by atoms with Crippen molar-refractivity contribution in [3.05, 3.63) is 97.0 Å². The average Bonchev–Trinajstić information content (AvgIpc) is 2.86. The number of nitro groups is 1. The van der Waals surface area contributed by atoms with Gasteiger partial charge in [-0.15, -0.1) is 0 Å². The van der Waals surface area contributed by atoms with E-state index in [1.165, 1.54) is 23.9 Å². The Bertz CT molecular complexity index is 1410. The number of anilines is 1. The Morgan fingerprint density at radius 1 is 1.17 bits per heavy atom. The highest BCUT2D eigenvalue weighted by Crippen LogP contribution is 2.44. The second-order valence-corrected chi connectivity index (χ2v) is 9.31. The Morgan fingerprint density at radius 2 is 1.97 bits per heavy atom. The lowest BCUT2D eigenvalue weighted by Crippen LogP contribution is -2.32. The van der Waals surface area contributed by atoms with Crippen LogP contribution in [0.3, 0.4) is 0 Å². The number of Topliss-reactive ketones (excluding diaryl/α,β-unsaturated/α-hetero) is 1. The molecule has 0 amide bonds. The van der Waals surface area contributed by atoms with Crippen LogP contribution in [0.25, 0.3) is 0 Å². The molecule has 9 nitrogen and oxygen atoms in total. The predicted octanol–water partition coefficient (Wildman–Crippen LogP) is 4.54. The molecule has 10 heteroatoms. The number of aromatic amines is 1. The summed E-state index contributed by atoms with van der Waals surface area (Å²) in [6, 6.07) is 13.7. The zero-order chi connectivity index (χ0) is 24.5. The highest BCUT2D eigenvalue weighted by atomic mass is 32.2. The number of non-ortho nitro benzene ring substituents is 1. The highest BCUT2D eigenvalue weighted by Gasteiger charge is 2.38. The average molecular weight is 491 g/mol. The lowest BCUT2D eigenvalue weighted by molar-refractivity contribution is -0.384. The maximum Gasteiger partial charge on any atom is 0.269 e. The quantitative estimate of drug-likeness (QED) is 0.223. The monoisotopic (exact) mass is 490 g/mol. The summed E-state index contributed by atoms with van der Waals surface area (Å²) < 4.78 is 5.38. The third-order valence-electron chi connectivity index (χ3n) is 6.19. The van der Waals surface area contributed by atoms with Gasteiger partial charge in [-0.05, 0) is 36.1 Å². The lowest BCUT2D eigenvalue weighted by atomic mass is 9.76. The molecular formula is C25H22N4O5S. The molecule has 1 unspecified atom stereocenters. The highest BCUT2D eigenvalue weighted by molar-refractivity contribution is 7.98. The van der Waals surface area contributed by atoms with Crippen molar-refractivity contribution in [1.29, 1.82) is 0 Å². The van der Waals surface area contributed by atoms with Crippen LogP contribution in [0.2, 0.25) is 0 Å². The summed E-state index contributed by atoms with van der Waals surface area (Å²) in [6.07, 6.45) is 1.90. The van der Waals surface area contributed by atoms with E-state index >= 15 is 0 Å². The predicted molar refractivity (Wildman–Crippen MR) is 132 cm³/mol. The number of H-pyrrole nitrogens is 1. The number of methoxy groups -OCH3 is 1. The van der Waals surface area contributed by atoms with Crippen molar-refractivity contribution in [2.75, 3.05) is 12.4 Å². The zero-order valence-corrected chi connectivity index (χ0v) is 19.7. The Labute approximate surface area is 204 Å². The van der Waals surface area contributed by atoms with Gasteiger partial charge < -0.3 is 15.0 Å². The molecule has 35 heavy (non-hydrogen) atoms. The van der Waals surface area contributed by atoms with Crippen LogP contribution in [0, 0.1) is 10.1 Å². The van der Waals surface area contributed by atoms with Crippen LogP contribution in [0.1, 0.15) is 41.9 Å². The first-order valence-corrected chi connectivity index (χ1v) is 12.1. The molecule has 0 spiro atoms. The van der Waals surface area contributed by atoms with Crippen LogP contribution in [0.15, 0.2) is 69.8 Å². The van der Waals surface area contributed by atoms with E-state index in [0.717, 1.165) is 23.2 Å². The molecule has 0 saturated heterocycles. The lowest BCUT2D eigenvalue weighted by Gasteiger charge is -2.32. The van der Waals surface area contributed by atoms with E-state index < -0.39 is 10.8 Å². The molecule has 3 aromatic rings. The van der Waals surface area contributed by atoms with E-state index in [-0.39, 0.29) is 17.0 Å². The van der Waals surface area contributed by atoms with Gasteiger partial charge in [-0.25, -0.2) is 4.98 Å². The smallest absolute Gasteiger partial charge is 0.269 e. The number of nitrogens with one attached hydrogen (secondary N) is 2. The number of carbonyl (C=O) groups excluding carboxylic acids is 1. The minimum Gasteiger partial charge on any atom is -0.497 e. The number of ketones is 1. The van der Waals surface area contributed by atoms with E-state index in [9.17, 15) is 19.7 Å². The topological polar surface area (TPSA) is 127 Å². The second kappa shape index (κ2) is 9.38. The first-order chi connectivity index (χ1) is 16.9. The standard InChI is InChI=1S/C25H22N4O5S/c1-34-17-5-2-4-15(12-17)20-21-18(6-3-7-19(21)30)26-23-22(20)24(31)28-25(27-23)35-13-14-8-10-16(11-9-14)29(32)33/h2,4-5,8-12,20H,3,6-7,13H2,1H3,(H2,26,27,28,31). The van der Waals surface area contributed by atoms with Gasteiger partial charge in [-0.2, -0.15) is 0 Å². The third-order valence-corrected chi connectivity index (χ3v) is 7.13. The Morgan fingerprint density at radius 3 is 2.71 bits per heavy atom. The van der Waals surface area contributed by atoms with Gasteiger partial charge in [0, 0.05) is 41.5 Å². The Kier molecular flexibility index (Phi) is 6.12. The summed E-state index contributed by atoms with van der Waals surface area (Å²) in [6.45, 7) is 0. The van der Waals surface area contributed by atoms with Gasteiger partial charge in [-0.1, -0.05) is 36.0 Å². The van der Waals surface area contributed by atoms with Crippen LogP contribution in [0.5, 0.6) is 5.75 Å². The molecule has 1 atom stereocenters. The van der Waals surface area contributed by atoms with Gasteiger partial charge in [0.15, 0.2) is 10.9 Å². The molecule has 1 aliphatic heterocycles. The molecule has 0 bridgehead atoms. The largest absolute Gasteiger partial charge is 0.497 e. The van der Waals surface area contributed by atoms with Crippen molar-refractivity contribution in [2.24, 2.45) is 0 Å². The van der Waals surface area contributed by atoms with Gasteiger partial charge in [-0.3, -0.25) is 19.7 Å². The molecule has 1 aromatic heterocycles. The first-order valence-electron chi connectivity index (χ1n) is 11.1. The van der Waals surface area contributed by atoms with Crippen molar-refractivity contribution in [3.63, 3.8) is 0 Å². The number of ether oxygens (including phenoxy) is 1. The summed E-state index contributed by atoms with van der Waals surface area (Å²) in [4.78, 5) is 44.3. The zero-order valence-electron chi connectivity index (χ0n) is 18.9.